The average Bonchev–Trinajstić information content (AvgIpc) is 2.79. The van der Waals surface area contributed by atoms with Crippen LogP contribution < -0.4 is 0 Å². The van der Waals surface area contributed by atoms with E-state index in [0.717, 1.165) is 12.8 Å². The molecule has 2 N–H and O–H groups in total. The third-order valence-corrected chi connectivity index (χ3v) is 7.90. The summed E-state index contributed by atoms with van der Waals surface area (Å²) in [5, 5.41) is 18.9. The molecule has 2 saturated heterocycles. The summed E-state index contributed by atoms with van der Waals surface area (Å²) in [5.74, 6) is -4.33. The Balaban J connectivity index is 1.79. The number of rotatable bonds is 15. The van der Waals surface area contributed by atoms with E-state index >= 15 is 0 Å². The van der Waals surface area contributed by atoms with Crippen molar-refractivity contribution in [1.29, 1.82) is 0 Å². The highest BCUT2D eigenvalue weighted by Crippen LogP contribution is 2.48. The zero-order valence-electron chi connectivity index (χ0n) is 23.6. The number of nitrogens with zero attached hydrogens (tertiary/aromatic N) is 1. The lowest BCUT2D eigenvalue weighted by Crippen LogP contribution is -2.70. The molecule has 0 saturated carbocycles. The molecule has 0 aliphatic carbocycles. The molecule has 1 spiro atoms. The third kappa shape index (κ3) is 8.39. The first-order chi connectivity index (χ1) is 17.3. The van der Waals surface area contributed by atoms with Crippen molar-refractivity contribution in [2.75, 3.05) is 26.4 Å². The van der Waals surface area contributed by atoms with E-state index in [9.17, 15) is 24.6 Å². The van der Waals surface area contributed by atoms with Crippen LogP contribution in [-0.4, -0.2) is 76.3 Å². The fraction of sp³-hybridized carbons (Fsp3) is 0.893. The molecular weight excluding hydrogens is 478 g/mol. The van der Waals surface area contributed by atoms with Gasteiger partial charge in [-0.15, -0.1) is 0 Å². The van der Waals surface area contributed by atoms with E-state index in [2.05, 4.69) is 11.8 Å². The second-order valence-corrected chi connectivity index (χ2v) is 12.1. The zero-order valence-corrected chi connectivity index (χ0v) is 23.6. The number of unbranched alkanes of at least 4 members (excludes halogenated alkanes) is 9. The Labute approximate surface area is 222 Å². The number of carboxylic acids is 2. The van der Waals surface area contributed by atoms with Crippen molar-refractivity contribution < 1.29 is 38.8 Å². The normalized spacial score (nSPS) is 22.0. The van der Waals surface area contributed by atoms with Gasteiger partial charge in [0.05, 0.1) is 26.4 Å². The van der Waals surface area contributed by atoms with Crippen LogP contribution in [0, 0.1) is 5.41 Å². The van der Waals surface area contributed by atoms with Gasteiger partial charge in [0.25, 0.3) is 0 Å². The van der Waals surface area contributed by atoms with Crippen LogP contribution in [0.2, 0.25) is 0 Å². The summed E-state index contributed by atoms with van der Waals surface area (Å²) in [7, 11) is 0. The van der Waals surface area contributed by atoms with Crippen molar-refractivity contribution in [3.8, 4) is 0 Å². The Morgan fingerprint density at radius 3 is 1.62 bits per heavy atom. The predicted molar refractivity (Wildman–Crippen MR) is 139 cm³/mol. The number of hydrogen-bond acceptors (Lipinski definition) is 7. The SMILES string of the molecule is CCCCCCCCCCCCOC(=O)CN1C(C)(C)CC2(CC1(C)C)OCC(C(=O)O)(C(=O)O)CO2. The fourth-order valence-electron chi connectivity index (χ4n) is 5.90. The molecule has 37 heavy (non-hydrogen) atoms. The Hall–Kier alpha value is -1.71. The summed E-state index contributed by atoms with van der Waals surface area (Å²) in [6.07, 6.45) is 13.0. The number of likely N-dealkylation sites (tertiary alicyclic amines) is 1. The quantitative estimate of drug-likeness (QED) is 0.172. The molecule has 0 aromatic heterocycles. The number of carbonyl (C=O) groups is 3. The Kier molecular flexibility index (Phi) is 11.4. The van der Waals surface area contributed by atoms with Crippen LogP contribution in [0.15, 0.2) is 0 Å². The zero-order chi connectivity index (χ0) is 27.7. The van der Waals surface area contributed by atoms with Crippen molar-refractivity contribution in [3.63, 3.8) is 0 Å². The lowest BCUT2D eigenvalue weighted by Gasteiger charge is -2.59. The molecule has 2 aliphatic heterocycles. The molecule has 0 radical (unpaired) electrons. The Morgan fingerprint density at radius 1 is 0.757 bits per heavy atom. The van der Waals surface area contributed by atoms with E-state index in [1.165, 1.54) is 51.4 Å². The maximum atomic E-state index is 12.7. The van der Waals surface area contributed by atoms with Crippen molar-refractivity contribution in [3.05, 3.63) is 0 Å². The van der Waals surface area contributed by atoms with Crippen LogP contribution in [0.5, 0.6) is 0 Å². The van der Waals surface area contributed by atoms with E-state index < -0.39 is 47.4 Å². The highest BCUT2D eigenvalue weighted by molar-refractivity contribution is 5.98. The minimum atomic E-state index is -2.12. The van der Waals surface area contributed by atoms with Crippen molar-refractivity contribution in [1.82, 2.24) is 4.90 Å². The molecule has 2 heterocycles. The molecular formula is C28H49NO8. The lowest BCUT2D eigenvalue weighted by atomic mass is 9.75. The second kappa shape index (κ2) is 13.4. The second-order valence-electron chi connectivity index (χ2n) is 12.1. The topological polar surface area (TPSA) is 123 Å². The third-order valence-electron chi connectivity index (χ3n) is 7.90. The maximum absolute atomic E-state index is 12.7. The molecule has 2 aliphatic rings. The van der Waals surface area contributed by atoms with Crippen LogP contribution in [0.1, 0.15) is 112 Å². The van der Waals surface area contributed by atoms with E-state index in [0.29, 0.717) is 19.4 Å². The molecule has 0 amide bonds. The molecule has 214 valence electrons. The first kappa shape index (κ1) is 31.5. The van der Waals surface area contributed by atoms with Gasteiger partial charge in [-0.05, 0) is 34.1 Å². The van der Waals surface area contributed by atoms with Gasteiger partial charge in [-0.2, -0.15) is 0 Å². The standard InChI is InChI=1S/C28H49NO8/c1-6-7-8-9-10-11-12-13-14-15-16-35-22(30)17-29-25(2,3)18-28(19-26(29,4)5)36-20-27(21-37-28,23(31)32)24(33)34/h6-21H2,1-5H3,(H,31,32)(H,33,34). The van der Waals surface area contributed by atoms with Crippen molar-refractivity contribution in [2.45, 2.75) is 129 Å². The van der Waals surface area contributed by atoms with Crippen LogP contribution in [0.3, 0.4) is 0 Å². The average molecular weight is 528 g/mol. The highest BCUT2D eigenvalue weighted by atomic mass is 16.7. The van der Waals surface area contributed by atoms with E-state index in [1.54, 1.807) is 0 Å². The van der Waals surface area contributed by atoms with Gasteiger partial charge in [-0.1, -0.05) is 64.7 Å². The minimum Gasteiger partial charge on any atom is -0.480 e. The molecule has 0 atom stereocenters. The number of carbonyl (C=O) groups excluding carboxylic acids is 1. The minimum absolute atomic E-state index is 0.127. The first-order valence-electron chi connectivity index (χ1n) is 14.0. The largest absolute Gasteiger partial charge is 0.480 e. The fourth-order valence-corrected chi connectivity index (χ4v) is 5.90. The number of ether oxygens (including phenoxy) is 3. The number of aliphatic carboxylic acids is 2. The van der Waals surface area contributed by atoms with Crippen molar-refractivity contribution >= 4 is 17.9 Å². The van der Waals surface area contributed by atoms with Gasteiger partial charge in [0, 0.05) is 23.9 Å². The predicted octanol–water partition coefficient (Wildman–Crippen LogP) is 5.00. The van der Waals surface area contributed by atoms with Crippen LogP contribution >= 0.6 is 0 Å². The van der Waals surface area contributed by atoms with Gasteiger partial charge in [0.2, 0.25) is 5.41 Å². The monoisotopic (exact) mass is 527 g/mol. The molecule has 0 unspecified atom stereocenters. The Bertz CT molecular complexity index is 734. The van der Waals surface area contributed by atoms with Crippen LogP contribution in [0.25, 0.3) is 0 Å². The first-order valence-corrected chi connectivity index (χ1v) is 14.0. The van der Waals surface area contributed by atoms with E-state index in [1.807, 2.05) is 27.7 Å². The lowest BCUT2D eigenvalue weighted by molar-refractivity contribution is -0.336. The summed E-state index contributed by atoms with van der Waals surface area (Å²) < 4.78 is 17.3. The number of esters is 1. The van der Waals surface area contributed by atoms with Gasteiger partial charge in [-0.3, -0.25) is 19.3 Å². The van der Waals surface area contributed by atoms with Crippen molar-refractivity contribution in [2.24, 2.45) is 5.41 Å². The molecule has 9 heteroatoms. The summed E-state index contributed by atoms with van der Waals surface area (Å²) >= 11 is 0. The van der Waals surface area contributed by atoms with Gasteiger partial charge in [-0.25, -0.2) is 0 Å². The summed E-state index contributed by atoms with van der Waals surface area (Å²) in [6, 6.07) is 0. The number of hydrogen-bond donors (Lipinski definition) is 2. The van der Waals surface area contributed by atoms with Gasteiger partial charge in [0.1, 0.15) is 0 Å². The summed E-state index contributed by atoms with van der Waals surface area (Å²) in [5.41, 5.74) is -3.19. The molecule has 0 bridgehead atoms. The molecule has 2 fully saturated rings. The summed E-state index contributed by atoms with van der Waals surface area (Å²) in [4.78, 5) is 38.0. The van der Waals surface area contributed by atoms with Crippen LogP contribution in [0.4, 0.5) is 0 Å². The van der Waals surface area contributed by atoms with Gasteiger partial charge >= 0.3 is 17.9 Å². The number of piperidine rings is 1. The van der Waals surface area contributed by atoms with E-state index in [-0.39, 0.29) is 12.5 Å². The number of carboxylic acid groups (broad SMARTS) is 2. The maximum Gasteiger partial charge on any atom is 0.325 e. The highest BCUT2D eigenvalue weighted by Gasteiger charge is 2.60. The van der Waals surface area contributed by atoms with Crippen LogP contribution in [-0.2, 0) is 28.6 Å². The molecule has 0 aromatic rings. The molecule has 0 aromatic carbocycles. The molecule has 2 rings (SSSR count). The summed E-state index contributed by atoms with van der Waals surface area (Å²) in [6.45, 7) is 9.77. The van der Waals surface area contributed by atoms with E-state index in [4.69, 9.17) is 14.2 Å². The van der Waals surface area contributed by atoms with Gasteiger partial charge in [0.15, 0.2) is 5.79 Å². The molecule has 9 nitrogen and oxygen atoms in total. The smallest absolute Gasteiger partial charge is 0.325 e. The Morgan fingerprint density at radius 2 is 1.19 bits per heavy atom. The van der Waals surface area contributed by atoms with Gasteiger partial charge < -0.3 is 24.4 Å².